The molecule has 3 aliphatic rings. The minimum Gasteiger partial charge on any atom is -0.481 e. The van der Waals surface area contributed by atoms with Gasteiger partial charge in [-0.1, -0.05) is 44.2 Å². The van der Waals surface area contributed by atoms with E-state index in [9.17, 15) is 49.5 Å². The fourth-order valence-electron chi connectivity index (χ4n) is 7.51. The number of sulfone groups is 1. The van der Waals surface area contributed by atoms with Crippen LogP contribution in [0.1, 0.15) is 80.5 Å². The Labute approximate surface area is 266 Å². The lowest BCUT2D eigenvalue weighted by atomic mass is 9.76. The Morgan fingerprint density at radius 1 is 0.894 bits per heavy atom. The third-order valence-electron chi connectivity index (χ3n) is 10.2. The van der Waals surface area contributed by atoms with E-state index in [-0.39, 0.29) is 66.7 Å². The van der Waals surface area contributed by atoms with Gasteiger partial charge in [-0.15, -0.1) is 0 Å². The second-order valence-electron chi connectivity index (χ2n) is 13.0. The standard InChI is InChI=1S/C32H33F8NO5S/c1-18(2)19-3-7-23(8-4-19)47(45,46)29-15-16-41(27(44)28(33)13-11-20(12-14-28)26(42)43)25(29)10-5-21-17-22(6-9-24(21)29)30(34,31(35,36)37)32(38,39)40/h3-4,6-9,17-18,20,25H,5,10-16H2,1-2H3,(H,42,43)/t20-,25?,28+,29?. The number of alkyl halides is 8. The van der Waals surface area contributed by atoms with Crippen molar-refractivity contribution in [3.05, 3.63) is 64.7 Å². The van der Waals surface area contributed by atoms with Crippen molar-refractivity contribution in [3.63, 3.8) is 0 Å². The maximum absolute atomic E-state index is 16.2. The minimum atomic E-state index is -6.38. The molecule has 2 fully saturated rings. The molecule has 258 valence electrons. The van der Waals surface area contributed by atoms with E-state index in [1.165, 1.54) is 12.1 Å². The van der Waals surface area contributed by atoms with Gasteiger partial charge in [0.25, 0.3) is 5.91 Å². The van der Waals surface area contributed by atoms with Crippen molar-refractivity contribution in [2.24, 2.45) is 5.92 Å². The molecular weight excluding hydrogens is 662 g/mol. The Kier molecular flexibility index (Phi) is 8.54. The normalized spacial score (nSPS) is 27.0. The number of aryl methyl sites for hydroxylation is 1. The van der Waals surface area contributed by atoms with Crippen LogP contribution in [-0.2, 0) is 36.3 Å². The average molecular weight is 696 g/mol. The molecular formula is C32H33F8NO5S. The topological polar surface area (TPSA) is 91.8 Å². The van der Waals surface area contributed by atoms with Crippen molar-refractivity contribution in [2.45, 2.75) is 104 Å². The Morgan fingerprint density at radius 3 is 1.98 bits per heavy atom. The number of carbonyl (C=O) groups is 2. The van der Waals surface area contributed by atoms with Crippen LogP contribution in [0.3, 0.4) is 0 Å². The molecule has 0 radical (unpaired) electrons. The van der Waals surface area contributed by atoms with Gasteiger partial charge in [-0.25, -0.2) is 17.2 Å². The number of fused-ring (bicyclic) bond motifs is 3. The molecule has 2 aromatic carbocycles. The van der Waals surface area contributed by atoms with Crippen molar-refractivity contribution in [1.82, 2.24) is 4.90 Å². The number of carboxylic acids is 1. The summed E-state index contributed by atoms with van der Waals surface area (Å²) in [6.07, 6.45) is -14.8. The number of likely N-dealkylation sites (tertiary alicyclic amines) is 1. The van der Waals surface area contributed by atoms with E-state index in [4.69, 9.17) is 0 Å². The lowest BCUT2D eigenvalue weighted by Crippen LogP contribution is -2.56. The van der Waals surface area contributed by atoms with Crippen LogP contribution in [0, 0.1) is 5.92 Å². The number of hydrogen-bond acceptors (Lipinski definition) is 4. The first-order valence-corrected chi connectivity index (χ1v) is 16.6. The number of hydrogen-bond donors (Lipinski definition) is 1. The highest BCUT2D eigenvalue weighted by Gasteiger charge is 2.74. The lowest BCUT2D eigenvalue weighted by Gasteiger charge is -2.44. The van der Waals surface area contributed by atoms with E-state index < -0.39 is 80.5 Å². The maximum atomic E-state index is 16.2. The third-order valence-corrected chi connectivity index (χ3v) is 12.7. The van der Waals surface area contributed by atoms with Gasteiger partial charge >= 0.3 is 24.0 Å². The zero-order valence-electron chi connectivity index (χ0n) is 25.4. The summed E-state index contributed by atoms with van der Waals surface area (Å²) in [5.74, 6) is -3.02. The van der Waals surface area contributed by atoms with Crippen molar-refractivity contribution in [3.8, 4) is 0 Å². The Balaban J connectivity index is 1.65. The Morgan fingerprint density at radius 2 is 1.47 bits per heavy atom. The molecule has 15 heteroatoms. The highest BCUT2D eigenvalue weighted by molar-refractivity contribution is 7.92. The second kappa shape index (κ2) is 11.4. The van der Waals surface area contributed by atoms with Crippen LogP contribution in [0.2, 0.25) is 0 Å². The van der Waals surface area contributed by atoms with Crippen molar-refractivity contribution < 1.29 is 58.2 Å². The zero-order chi connectivity index (χ0) is 35.0. The van der Waals surface area contributed by atoms with Gasteiger partial charge in [0.15, 0.2) is 15.5 Å². The molecule has 6 nitrogen and oxygen atoms in total. The number of rotatable bonds is 6. The van der Waals surface area contributed by atoms with Crippen molar-refractivity contribution in [1.29, 1.82) is 0 Å². The first-order chi connectivity index (χ1) is 21.6. The van der Waals surface area contributed by atoms with Gasteiger partial charge in [-0.05, 0) is 79.7 Å². The lowest BCUT2D eigenvalue weighted by molar-refractivity contribution is -0.348. The summed E-state index contributed by atoms with van der Waals surface area (Å²) < 4.78 is 140. The summed E-state index contributed by atoms with van der Waals surface area (Å²) in [5, 5.41) is 9.31. The monoisotopic (exact) mass is 695 g/mol. The van der Waals surface area contributed by atoms with E-state index in [0.29, 0.717) is 6.07 Å². The smallest absolute Gasteiger partial charge is 0.435 e. The molecule has 47 heavy (non-hydrogen) atoms. The van der Waals surface area contributed by atoms with Gasteiger partial charge < -0.3 is 10.0 Å². The third kappa shape index (κ3) is 5.30. The molecule has 2 aromatic rings. The largest absolute Gasteiger partial charge is 0.481 e. The first kappa shape index (κ1) is 35.1. The van der Waals surface area contributed by atoms with Crippen LogP contribution in [0.25, 0.3) is 0 Å². The molecule has 1 saturated carbocycles. The molecule has 2 unspecified atom stereocenters. The number of nitrogens with zero attached hydrogens (tertiary/aromatic N) is 1. The van der Waals surface area contributed by atoms with Crippen LogP contribution in [0.5, 0.6) is 0 Å². The van der Waals surface area contributed by atoms with Crippen LogP contribution >= 0.6 is 0 Å². The number of aliphatic carboxylic acids is 1. The van der Waals surface area contributed by atoms with E-state index in [2.05, 4.69) is 0 Å². The molecule has 0 spiro atoms. The second-order valence-corrected chi connectivity index (χ2v) is 15.2. The maximum Gasteiger partial charge on any atom is 0.435 e. The molecule has 0 bridgehead atoms. The molecule has 2 aliphatic carbocycles. The number of carbonyl (C=O) groups excluding carboxylic acids is 1. The van der Waals surface area contributed by atoms with Crippen LogP contribution < -0.4 is 0 Å². The van der Waals surface area contributed by atoms with Crippen molar-refractivity contribution in [2.75, 3.05) is 6.54 Å². The SMILES string of the molecule is CC(C)c1ccc(S(=O)(=O)C23CCN(C(=O)[C@]4(F)CC[C@@H](C(=O)O)CC4)C2CCc2cc(C(F)(C(F)(F)F)C(F)(F)F)ccc23)cc1. The summed E-state index contributed by atoms with van der Waals surface area (Å²) in [6.45, 7) is 3.44. The van der Waals surface area contributed by atoms with Gasteiger partial charge in [0, 0.05) is 12.1 Å². The van der Waals surface area contributed by atoms with Crippen LogP contribution in [0.15, 0.2) is 47.4 Å². The van der Waals surface area contributed by atoms with E-state index in [1.807, 2.05) is 13.8 Å². The Bertz CT molecular complexity index is 1650. The first-order valence-electron chi connectivity index (χ1n) is 15.2. The van der Waals surface area contributed by atoms with Crippen LogP contribution in [-0.4, -0.2) is 60.9 Å². The van der Waals surface area contributed by atoms with E-state index in [1.54, 1.807) is 12.1 Å². The van der Waals surface area contributed by atoms with Crippen molar-refractivity contribution >= 4 is 21.7 Å². The fourth-order valence-corrected chi connectivity index (χ4v) is 9.88. The summed E-state index contributed by atoms with van der Waals surface area (Å²) >= 11 is 0. The quantitative estimate of drug-likeness (QED) is 0.321. The summed E-state index contributed by atoms with van der Waals surface area (Å²) in [5.41, 5.74) is -9.66. The van der Waals surface area contributed by atoms with E-state index in [0.717, 1.165) is 16.5 Å². The van der Waals surface area contributed by atoms with Gasteiger partial charge in [-0.3, -0.25) is 9.59 Å². The van der Waals surface area contributed by atoms with Gasteiger partial charge in [0.2, 0.25) is 0 Å². The number of amides is 1. The van der Waals surface area contributed by atoms with Gasteiger partial charge in [-0.2, -0.15) is 26.3 Å². The van der Waals surface area contributed by atoms with Gasteiger partial charge in [0.05, 0.1) is 16.9 Å². The molecule has 5 rings (SSSR count). The molecule has 1 N–H and O–H groups in total. The molecule has 0 aromatic heterocycles. The predicted octanol–water partition coefficient (Wildman–Crippen LogP) is 7.30. The predicted molar refractivity (Wildman–Crippen MR) is 153 cm³/mol. The number of benzene rings is 2. The number of halogens is 8. The molecule has 1 aliphatic heterocycles. The van der Waals surface area contributed by atoms with E-state index >= 15 is 8.78 Å². The minimum absolute atomic E-state index is 0.0197. The van der Waals surface area contributed by atoms with Crippen LogP contribution in [0.4, 0.5) is 35.1 Å². The summed E-state index contributed by atoms with van der Waals surface area (Å²) in [7, 11) is -4.59. The summed E-state index contributed by atoms with van der Waals surface area (Å²) in [6, 6.07) is 5.93. The molecule has 1 amide bonds. The van der Waals surface area contributed by atoms with Gasteiger partial charge in [0.1, 0.15) is 4.75 Å². The fraction of sp³-hybridized carbons (Fsp3) is 0.562. The number of carboxylic acid groups (broad SMARTS) is 1. The molecule has 1 heterocycles. The molecule has 1 saturated heterocycles. The highest BCUT2D eigenvalue weighted by atomic mass is 32.2. The average Bonchev–Trinajstić information content (AvgIpc) is 3.40. The Hall–Kier alpha value is -3.23. The highest BCUT2D eigenvalue weighted by Crippen LogP contribution is 2.57. The zero-order valence-corrected chi connectivity index (χ0v) is 26.2. The molecule has 2 atom stereocenters. The summed E-state index contributed by atoms with van der Waals surface area (Å²) in [4.78, 5) is 26.1.